The molecule has 0 bridgehead atoms. The fraction of sp³-hybridized carbons (Fsp3) is 0.829. The topological polar surface area (TPSA) is 307 Å². The molecule has 0 aromatic carbocycles. The van der Waals surface area contributed by atoms with Gasteiger partial charge < -0.3 is 89.9 Å². The van der Waals surface area contributed by atoms with Crippen LogP contribution < -0.4 is 5.32 Å². The van der Waals surface area contributed by atoms with Gasteiger partial charge in [-0.2, -0.15) is 0 Å². The highest BCUT2D eigenvalue weighted by molar-refractivity contribution is 5.76. The smallest absolute Gasteiger partial charge is 0.220 e. The van der Waals surface area contributed by atoms with E-state index in [0.717, 1.165) is 103 Å². The van der Waals surface area contributed by atoms with E-state index in [1.165, 1.54) is 135 Å². The van der Waals surface area contributed by atoms with Crippen molar-refractivity contribution in [2.45, 2.75) is 375 Å². The van der Waals surface area contributed by atoms with Crippen molar-refractivity contribution in [2.75, 3.05) is 26.4 Å². The predicted octanol–water partition coefficient (Wildman–Crippen LogP) is 11.3. The van der Waals surface area contributed by atoms with Crippen LogP contribution in [0, 0.1) is 0 Å². The summed E-state index contributed by atoms with van der Waals surface area (Å²) in [4.78, 5) is 13.5. The van der Waals surface area contributed by atoms with Gasteiger partial charge >= 0.3 is 0 Å². The maximum absolute atomic E-state index is 13.5. The molecule has 1 amide bonds. The van der Waals surface area contributed by atoms with E-state index in [2.05, 4.69) is 92.1 Å². The van der Waals surface area contributed by atoms with Gasteiger partial charge in [0.2, 0.25) is 5.91 Å². The summed E-state index contributed by atoms with van der Waals surface area (Å²) < 4.78 is 34.5. The molecule has 0 saturated carbocycles. The number of unbranched alkanes of at least 4 members (excludes halogenated alkanes) is 30. The molecular formula is C76H135NO18. The Kier molecular flexibility index (Phi) is 51.8. The molecule has 0 aliphatic carbocycles. The normalized spacial score (nSPS) is 27.6. The second-order valence-electron chi connectivity index (χ2n) is 26.7. The van der Waals surface area contributed by atoms with Gasteiger partial charge in [-0.1, -0.05) is 273 Å². The lowest BCUT2D eigenvalue weighted by molar-refractivity contribution is -0.379. The Labute approximate surface area is 572 Å². The summed E-state index contributed by atoms with van der Waals surface area (Å²) >= 11 is 0. The summed E-state index contributed by atoms with van der Waals surface area (Å²) in [6, 6.07) is -0.902. The molecule has 3 saturated heterocycles. The number of nitrogens with one attached hydrogen (secondary N) is 1. The Hall–Kier alpha value is -2.77. The zero-order valence-corrected chi connectivity index (χ0v) is 58.6. The van der Waals surface area contributed by atoms with Crippen LogP contribution in [0.1, 0.15) is 271 Å². The second kappa shape index (κ2) is 56.9. The first-order valence-corrected chi connectivity index (χ1v) is 37.7. The van der Waals surface area contributed by atoms with Crippen LogP contribution in [0.5, 0.6) is 0 Å². The number of amides is 1. The quantitative estimate of drug-likeness (QED) is 0.0199. The number of aliphatic hydroxyl groups excluding tert-OH is 11. The molecule has 19 heteroatoms. The molecule has 12 N–H and O–H groups in total. The van der Waals surface area contributed by atoms with E-state index in [1.807, 2.05) is 0 Å². The molecular weight excluding hydrogens is 1210 g/mol. The van der Waals surface area contributed by atoms with E-state index in [1.54, 1.807) is 0 Å². The summed E-state index contributed by atoms with van der Waals surface area (Å²) in [5.41, 5.74) is 0. The van der Waals surface area contributed by atoms with Gasteiger partial charge in [0.15, 0.2) is 18.9 Å². The van der Waals surface area contributed by atoms with Crippen molar-refractivity contribution in [1.29, 1.82) is 0 Å². The van der Waals surface area contributed by atoms with E-state index in [9.17, 15) is 61.0 Å². The number of hydrogen-bond acceptors (Lipinski definition) is 18. The van der Waals surface area contributed by atoms with E-state index in [0.29, 0.717) is 12.8 Å². The third kappa shape index (κ3) is 38.0. The molecule has 19 nitrogen and oxygen atoms in total. The molecule has 95 heavy (non-hydrogen) atoms. The Bertz CT molecular complexity index is 2000. The van der Waals surface area contributed by atoms with Crippen LogP contribution in [0.15, 0.2) is 72.9 Å². The Morgan fingerprint density at radius 1 is 0.389 bits per heavy atom. The van der Waals surface area contributed by atoms with Crippen LogP contribution in [0.4, 0.5) is 0 Å². The third-order valence-electron chi connectivity index (χ3n) is 18.5. The summed E-state index contributed by atoms with van der Waals surface area (Å²) in [6.45, 7) is 1.70. The fourth-order valence-electron chi connectivity index (χ4n) is 12.5. The van der Waals surface area contributed by atoms with Crippen molar-refractivity contribution in [1.82, 2.24) is 5.32 Å². The molecule has 3 rings (SSSR count). The molecule has 3 aliphatic heterocycles. The van der Waals surface area contributed by atoms with Crippen LogP contribution in [-0.2, 0) is 33.2 Å². The van der Waals surface area contributed by atoms with E-state index < -0.39 is 124 Å². The molecule has 3 fully saturated rings. The number of hydrogen-bond donors (Lipinski definition) is 12. The van der Waals surface area contributed by atoms with E-state index in [4.69, 9.17) is 28.4 Å². The Morgan fingerprint density at radius 2 is 0.726 bits per heavy atom. The highest BCUT2D eigenvalue weighted by Crippen LogP contribution is 2.33. The SMILES string of the molecule is CC/C=C\C/C=C\C/C=C\C/C=C\C/C=C\C/C=C\CCCCCCCCC(=O)NC(COC1OC(CO)C(OC2OC(CO)C(OC3OC(CO)C(O)C(O)C3O)C(O)C2O)C(O)C1O)C(O)CCCCCCCCCCCCCCCCCCCCCCCCCCC. The number of ether oxygens (including phenoxy) is 6. The van der Waals surface area contributed by atoms with Gasteiger partial charge in [0.05, 0.1) is 38.6 Å². The minimum Gasteiger partial charge on any atom is -0.394 e. The van der Waals surface area contributed by atoms with Gasteiger partial charge in [0.25, 0.3) is 0 Å². The van der Waals surface area contributed by atoms with Crippen LogP contribution >= 0.6 is 0 Å². The standard InChI is InChI=1S/C76H135NO18/c1-3-5-7-9-11-13-15-17-19-21-23-25-27-29-31-33-35-37-39-41-43-45-47-49-51-53-60(81)59(77-64(82)54-52-50-48-46-44-42-40-38-36-34-32-30-28-26-24-22-20-18-16-14-12-10-8-6-4-2)58-90-74-70(88)67(85)72(62(56-79)92-74)95-76-71(89)68(86)73(63(57-80)93-76)94-75-69(87)66(84)65(83)61(55-78)91-75/h6,8,12,14,18,20,24,26,30,32,36,38,59-63,65-76,78-81,83-89H,3-5,7,9-11,13,15-17,19,21-23,25,27-29,31,33-35,37,39-58H2,1-2H3,(H,77,82)/b8-6-,14-12-,20-18-,26-24-,32-30-,38-36-. The summed E-state index contributed by atoms with van der Waals surface area (Å²) in [6.07, 6.45) is 45.4. The van der Waals surface area contributed by atoms with E-state index >= 15 is 0 Å². The van der Waals surface area contributed by atoms with Crippen LogP contribution in [0.3, 0.4) is 0 Å². The lowest BCUT2D eigenvalue weighted by Gasteiger charge is -2.48. The molecule has 0 spiro atoms. The molecule has 3 heterocycles. The van der Waals surface area contributed by atoms with Crippen molar-refractivity contribution in [2.24, 2.45) is 0 Å². The maximum atomic E-state index is 13.5. The lowest BCUT2D eigenvalue weighted by Crippen LogP contribution is -2.66. The van der Waals surface area contributed by atoms with Crippen molar-refractivity contribution in [3.05, 3.63) is 72.9 Å². The highest BCUT2D eigenvalue weighted by Gasteiger charge is 2.53. The third-order valence-corrected chi connectivity index (χ3v) is 18.5. The molecule has 0 aromatic rings. The molecule has 552 valence electrons. The fourth-order valence-corrected chi connectivity index (χ4v) is 12.5. The zero-order chi connectivity index (χ0) is 68.9. The van der Waals surface area contributed by atoms with Gasteiger partial charge in [-0.25, -0.2) is 0 Å². The maximum Gasteiger partial charge on any atom is 0.220 e. The summed E-state index contributed by atoms with van der Waals surface area (Å²) in [7, 11) is 0. The van der Waals surface area contributed by atoms with Gasteiger partial charge in [-0.15, -0.1) is 0 Å². The monoisotopic (exact) mass is 1350 g/mol. The minimum absolute atomic E-state index is 0.246. The average molecular weight is 1350 g/mol. The largest absolute Gasteiger partial charge is 0.394 e. The number of aliphatic hydroxyl groups is 11. The highest BCUT2D eigenvalue weighted by atomic mass is 16.8. The summed E-state index contributed by atoms with van der Waals surface area (Å²) in [5.74, 6) is -0.257. The first-order valence-electron chi connectivity index (χ1n) is 37.7. The minimum atomic E-state index is -1.98. The van der Waals surface area contributed by atoms with Crippen LogP contribution in [0.25, 0.3) is 0 Å². The van der Waals surface area contributed by atoms with Crippen molar-refractivity contribution >= 4 is 5.91 Å². The average Bonchev–Trinajstić information content (AvgIpc) is 0.787. The van der Waals surface area contributed by atoms with Gasteiger partial charge in [-0.05, 0) is 64.2 Å². The Balaban J connectivity index is 1.41. The predicted molar refractivity (Wildman–Crippen MR) is 374 cm³/mol. The van der Waals surface area contributed by atoms with Gasteiger partial charge in [0, 0.05) is 6.42 Å². The Morgan fingerprint density at radius 3 is 1.14 bits per heavy atom. The number of carbonyl (C=O) groups excluding carboxylic acids is 1. The second-order valence-corrected chi connectivity index (χ2v) is 26.7. The van der Waals surface area contributed by atoms with Gasteiger partial charge in [-0.3, -0.25) is 4.79 Å². The number of carbonyl (C=O) groups is 1. The van der Waals surface area contributed by atoms with Gasteiger partial charge in [0.1, 0.15) is 73.2 Å². The molecule has 3 aliphatic rings. The van der Waals surface area contributed by atoms with Crippen molar-refractivity contribution in [3.8, 4) is 0 Å². The molecule has 0 aromatic heterocycles. The first-order chi connectivity index (χ1) is 46.3. The molecule has 0 radical (unpaired) electrons. The molecule has 17 unspecified atom stereocenters. The number of allylic oxidation sites excluding steroid dienone is 12. The van der Waals surface area contributed by atoms with Crippen LogP contribution in [-0.4, -0.2) is 193 Å². The van der Waals surface area contributed by atoms with Crippen molar-refractivity contribution < 1.29 is 89.4 Å². The summed E-state index contributed by atoms with van der Waals surface area (Å²) in [5, 5.41) is 121. The zero-order valence-electron chi connectivity index (χ0n) is 58.6. The number of rotatable bonds is 58. The van der Waals surface area contributed by atoms with E-state index in [-0.39, 0.29) is 18.9 Å². The van der Waals surface area contributed by atoms with Crippen LogP contribution in [0.2, 0.25) is 0 Å². The first kappa shape index (κ1) is 86.5. The van der Waals surface area contributed by atoms with Crippen molar-refractivity contribution in [3.63, 3.8) is 0 Å². The lowest BCUT2D eigenvalue weighted by atomic mass is 9.96. The molecule has 17 atom stereocenters.